The van der Waals surface area contributed by atoms with Gasteiger partial charge >= 0.3 is 12.0 Å². The van der Waals surface area contributed by atoms with E-state index < -0.39 is 36.3 Å². The smallest absolute Gasteiger partial charge is 0.324 e. The van der Waals surface area contributed by atoms with Crippen LogP contribution in [0.5, 0.6) is 0 Å². The van der Waals surface area contributed by atoms with E-state index in [-0.39, 0.29) is 19.5 Å². The number of benzene rings is 1. The van der Waals surface area contributed by atoms with Crippen LogP contribution >= 0.6 is 0 Å². The third-order valence-corrected chi connectivity index (χ3v) is 4.18. The minimum Gasteiger partial charge on any atom is -0.455 e. The number of imide groups is 2. The molecule has 0 spiro atoms. The van der Waals surface area contributed by atoms with Crippen molar-refractivity contribution in [1.29, 1.82) is 0 Å². The minimum absolute atomic E-state index is 0.136. The zero-order valence-electron chi connectivity index (χ0n) is 14.1. The molecule has 5 amide bonds. The van der Waals surface area contributed by atoms with Gasteiger partial charge in [-0.1, -0.05) is 11.6 Å². The maximum absolute atomic E-state index is 12.3. The van der Waals surface area contributed by atoms with E-state index in [9.17, 15) is 24.0 Å². The summed E-state index contributed by atoms with van der Waals surface area (Å²) in [6.07, 6.45) is -0.232. The maximum atomic E-state index is 12.3. The van der Waals surface area contributed by atoms with Gasteiger partial charge in [0.2, 0.25) is 0 Å². The largest absolute Gasteiger partial charge is 0.455 e. The fourth-order valence-corrected chi connectivity index (χ4v) is 2.81. The van der Waals surface area contributed by atoms with Crippen LogP contribution in [-0.2, 0) is 14.3 Å². The molecule has 26 heavy (non-hydrogen) atoms. The highest BCUT2D eigenvalue weighted by Crippen LogP contribution is 2.23. The van der Waals surface area contributed by atoms with Crippen molar-refractivity contribution in [3.8, 4) is 0 Å². The molecule has 2 aliphatic heterocycles. The van der Waals surface area contributed by atoms with Crippen LogP contribution < -0.4 is 5.32 Å². The van der Waals surface area contributed by atoms with Crippen molar-refractivity contribution in [2.45, 2.75) is 13.3 Å². The Morgan fingerprint density at radius 2 is 1.88 bits per heavy atom. The zero-order valence-corrected chi connectivity index (χ0v) is 14.1. The van der Waals surface area contributed by atoms with Gasteiger partial charge in [-0.3, -0.25) is 29.0 Å². The van der Waals surface area contributed by atoms with Crippen molar-refractivity contribution in [2.24, 2.45) is 0 Å². The molecule has 0 aromatic heterocycles. The fourth-order valence-electron chi connectivity index (χ4n) is 2.81. The van der Waals surface area contributed by atoms with E-state index in [0.29, 0.717) is 17.7 Å². The number of ether oxygens (including phenoxy) is 1. The molecule has 1 saturated heterocycles. The summed E-state index contributed by atoms with van der Waals surface area (Å²) in [6, 6.07) is 4.44. The zero-order chi connectivity index (χ0) is 18.8. The molecule has 0 radical (unpaired) electrons. The Kier molecular flexibility index (Phi) is 4.70. The number of urea groups is 1. The standard InChI is InChI=1S/C17H17N3O6/c1-10-2-3-11-12(8-10)16(24)20(15(11)23)6-4-14(22)26-9-13(21)19-7-5-18-17(19)25/h2-3,8H,4-7,9H2,1H3,(H,18,25). The lowest BCUT2D eigenvalue weighted by molar-refractivity contribution is -0.150. The van der Waals surface area contributed by atoms with E-state index in [4.69, 9.17) is 4.74 Å². The Balaban J connectivity index is 1.51. The van der Waals surface area contributed by atoms with Crippen LogP contribution in [0.2, 0.25) is 0 Å². The van der Waals surface area contributed by atoms with Gasteiger partial charge in [0.05, 0.1) is 17.5 Å². The molecule has 9 nitrogen and oxygen atoms in total. The van der Waals surface area contributed by atoms with Gasteiger partial charge in [-0.2, -0.15) is 0 Å². The Labute approximate surface area is 148 Å². The molecule has 3 rings (SSSR count). The highest BCUT2D eigenvalue weighted by molar-refractivity contribution is 6.21. The fraction of sp³-hybridized carbons (Fsp3) is 0.353. The van der Waals surface area contributed by atoms with E-state index in [1.165, 1.54) is 0 Å². The quantitative estimate of drug-likeness (QED) is 0.588. The number of rotatable bonds is 5. The minimum atomic E-state index is -0.731. The second-order valence-electron chi connectivity index (χ2n) is 6.00. The lowest BCUT2D eigenvalue weighted by atomic mass is 10.1. The molecule has 9 heteroatoms. The van der Waals surface area contributed by atoms with Crippen LogP contribution in [-0.4, -0.2) is 65.8 Å². The number of amides is 5. The van der Waals surface area contributed by atoms with Crippen LogP contribution in [0, 0.1) is 6.92 Å². The Morgan fingerprint density at radius 1 is 1.15 bits per heavy atom. The predicted molar refractivity (Wildman–Crippen MR) is 87.2 cm³/mol. The summed E-state index contributed by atoms with van der Waals surface area (Å²) in [7, 11) is 0. The van der Waals surface area contributed by atoms with Gasteiger partial charge in [0, 0.05) is 19.6 Å². The van der Waals surface area contributed by atoms with E-state index in [1.54, 1.807) is 18.2 Å². The van der Waals surface area contributed by atoms with Crippen LogP contribution in [0.15, 0.2) is 18.2 Å². The molecule has 1 fully saturated rings. The summed E-state index contributed by atoms with van der Waals surface area (Å²) in [6.45, 7) is 1.70. The number of hydrogen-bond acceptors (Lipinski definition) is 6. The normalized spacial score (nSPS) is 16.0. The van der Waals surface area contributed by atoms with Gasteiger partial charge in [0.15, 0.2) is 6.61 Å². The van der Waals surface area contributed by atoms with E-state index in [1.807, 2.05) is 6.92 Å². The van der Waals surface area contributed by atoms with Crippen LogP contribution in [0.3, 0.4) is 0 Å². The molecule has 2 aliphatic rings. The van der Waals surface area contributed by atoms with Crippen LogP contribution in [0.4, 0.5) is 4.79 Å². The molecule has 1 N–H and O–H groups in total. The molecular formula is C17H17N3O6. The molecule has 0 unspecified atom stereocenters. The molecule has 0 bridgehead atoms. The lowest BCUT2D eigenvalue weighted by Gasteiger charge is -2.14. The number of carbonyl (C=O) groups excluding carboxylic acids is 5. The first-order valence-corrected chi connectivity index (χ1v) is 8.09. The Hall–Kier alpha value is -3.23. The second kappa shape index (κ2) is 6.95. The monoisotopic (exact) mass is 359 g/mol. The van der Waals surface area contributed by atoms with Crippen molar-refractivity contribution in [3.05, 3.63) is 34.9 Å². The molecule has 1 aromatic rings. The van der Waals surface area contributed by atoms with Crippen LogP contribution in [0.25, 0.3) is 0 Å². The van der Waals surface area contributed by atoms with Crippen molar-refractivity contribution in [3.63, 3.8) is 0 Å². The third-order valence-electron chi connectivity index (χ3n) is 4.18. The van der Waals surface area contributed by atoms with Gasteiger partial charge in [-0.15, -0.1) is 0 Å². The predicted octanol–water partition coefficient (Wildman–Crippen LogP) is 0.0761. The molecule has 0 saturated carbocycles. The first kappa shape index (κ1) is 17.6. The lowest BCUT2D eigenvalue weighted by Crippen LogP contribution is -2.37. The van der Waals surface area contributed by atoms with Crippen molar-refractivity contribution >= 4 is 29.7 Å². The molecular weight excluding hydrogens is 342 g/mol. The van der Waals surface area contributed by atoms with Gasteiger partial charge in [0.1, 0.15) is 0 Å². The van der Waals surface area contributed by atoms with E-state index >= 15 is 0 Å². The van der Waals surface area contributed by atoms with Crippen molar-refractivity contribution in [2.75, 3.05) is 26.2 Å². The summed E-state index contributed by atoms with van der Waals surface area (Å²) in [5.41, 5.74) is 1.48. The van der Waals surface area contributed by atoms with Crippen molar-refractivity contribution < 1.29 is 28.7 Å². The number of esters is 1. The number of nitrogens with one attached hydrogen (secondary N) is 1. The molecule has 0 aliphatic carbocycles. The summed E-state index contributed by atoms with van der Waals surface area (Å²) >= 11 is 0. The summed E-state index contributed by atoms with van der Waals surface area (Å²) in [5, 5.41) is 2.47. The second-order valence-corrected chi connectivity index (χ2v) is 6.00. The highest BCUT2D eigenvalue weighted by atomic mass is 16.5. The third kappa shape index (κ3) is 3.28. The molecule has 2 heterocycles. The first-order chi connectivity index (χ1) is 12.4. The topological polar surface area (TPSA) is 113 Å². The number of carbonyl (C=O) groups is 5. The van der Waals surface area contributed by atoms with Gasteiger partial charge < -0.3 is 10.1 Å². The SMILES string of the molecule is Cc1ccc2c(c1)C(=O)N(CCC(=O)OCC(=O)N1CCNC1=O)C2=O. The van der Waals surface area contributed by atoms with Gasteiger partial charge in [-0.05, 0) is 19.1 Å². The number of hydrogen-bond donors (Lipinski definition) is 1. The van der Waals surface area contributed by atoms with Crippen LogP contribution in [0.1, 0.15) is 32.7 Å². The highest BCUT2D eigenvalue weighted by Gasteiger charge is 2.35. The van der Waals surface area contributed by atoms with E-state index in [2.05, 4.69) is 5.32 Å². The van der Waals surface area contributed by atoms with E-state index in [0.717, 1.165) is 15.4 Å². The van der Waals surface area contributed by atoms with Gasteiger partial charge in [-0.25, -0.2) is 4.79 Å². The van der Waals surface area contributed by atoms with Crippen molar-refractivity contribution in [1.82, 2.24) is 15.1 Å². The average molecular weight is 359 g/mol. The maximum Gasteiger partial charge on any atom is 0.324 e. The molecule has 0 atom stereocenters. The summed E-state index contributed by atoms with van der Waals surface area (Å²) in [4.78, 5) is 61.4. The summed E-state index contributed by atoms with van der Waals surface area (Å²) in [5.74, 6) is -2.26. The first-order valence-electron chi connectivity index (χ1n) is 8.09. The number of fused-ring (bicyclic) bond motifs is 1. The Morgan fingerprint density at radius 3 is 2.58 bits per heavy atom. The Bertz CT molecular complexity index is 819. The number of nitrogens with zero attached hydrogens (tertiary/aromatic N) is 2. The number of aryl methyl sites for hydroxylation is 1. The van der Waals surface area contributed by atoms with Gasteiger partial charge in [0.25, 0.3) is 17.7 Å². The molecule has 1 aromatic carbocycles. The molecule has 136 valence electrons. The average Bonchev–Trinajstić information content (AvgIpc) is 3.13. The summed E-state index contributed by atoms with van der Waals surface area (Å²) < 4.78 is 4.83.